The summed E-state index contributed by atoms with van der Waals surface area (Å²) >= 11 is 0. The molecule has 0 atom stereocenters. The van der Waals surface area contributed by atoms with Crippen molar-refractivity contribution in [2.24, 2.45) is 5.73 Å². The Kier molecular flexibility index (Phi) is 2.28. The molecule has 0 aliphatic heterocycles. The SMILES string of the molecule is CC(C)(N)c1ccc(-n2cnnc2)cc1. The van der Waals surface area contributed by atoms with Crippen molar-refractivity contribution < 1.29 is 0 Å². The molecule has 0 saturated heterocycles. The Morgan fingerprint density at radius 2 is 1.60 bits per heavy atom. The lowest BCUT2D eigenvalue weighted by molar-refractivity contribution is 0.554. The molecule has 1 aromatic heterocycles. The molecule has 0 aliphatic rings. The summed E-state index contributed by atoms with van der Waals surface area (Å²) in [6, 6.07) is 8.06. The zero-order valence-corrected chi connectivity index (χ0v) is 8.88. The van der Waals surface area contributed by atoms with Gasteiger partial charge in [0.2, 0.25) is 0 Å². The minimum absolute atomic E-state index is 0.300. The lowest BCUT2D eigenvalue weighted by Crippen LogP contribution is -2.28. The van der Waals surface area contributed by atoms with Crippen LogP contribution in [0, 0.1) is 0 Å². The molecule has 0 bridgehead atoms. The van der Waals surface area contributed by atoms with Crippen LogP contribution in [0.3, 0.4) is 0 Å². The van der Waals surface area contributed by atoms with Crippen molar-refractivity contribution in [1.29, 1.82) is 0 Å². The molecule has 4 nitrogen and oxygen atoms in total. The molecule has 15 heavy (non-hydrogen) atoms. The summed E-state index contributed by atoms with van der Waals surface area (Å²) in [5.74, 6) is 0. The highest BCUT2D eigenvalue weighted by molar-refractivity contribution is 5.36. The highest BCUT2D eigenvalue weighted by Crippen LogP contribution is 2.18. The maximum absolute atomic E-state index is 5.99. The molecule has 1 aromatic carbocycles. The maximum Gasteiger partial charge on any atom is 0.123 e. The van der Waals surface area contributed by atoms with Gasteiger partial charge in [0.15, 0.2) is 0 Å². The molecular formula is C11H14N4. The molecule has 0 amide bonds. The summed E-state index contributed by atoms with van der Waals surface area (Å²) in [4.78, 5) is 0. The van der Waals surface area contributed by atoms with Crippen LogP contribution in [-0.2, 0) is 5.54 Å². The van der Waals surface area contributed by atoms with Gasteiger partial charge in [-0.3, -0.25) is 4.57 Å². The second-order valence-electron chi connectivity index (χ2n) is 4.14. The van der Waals surface area contributed by atoms with Gasteiger partial charge in [-0.15, -0.1) is 10.2 Å². The summed E-state index contributed by atoms with van der Waals surface area (Å²) in [6.45, 7) is 3.97. The topological polar surface area (TPSA) is 56.7 Å². The predicted molar refractivity (Wildman–Crippen MR) is 58.6 cm³/mol. The summed E-state index contributed by atoms with van der Waals surface area (Å²) in [7, 11) is 0. The third kappa shape index (κ3) is 2.05. The first-order valence-corrected chi connectivity index (χ1v) is 4.82. The lowest BCUT2D eigenvalue weighted by Gasteiger charge is -2.19. The fourth-order valence-electron chi connectivity index (χ4n) is 1.40. The molecule has 0 unspecified atom stereocenters. The van der Waals surface area contributed by atoms with Crippen molar-refractivity contribution in [1.82, 2.24) is 14.8 Å². The first kappa shape index (κ1) is 9.86. The highest BCUT2D eigenvalue weighted by atomic mass is 15.2. The largest absolute Gasteiger partial charge is 0.322 e. The second kappa shape index (κ2) is 3.47. The van der Waals surface area contributed by atoms with Gasteiger partial charge in [0, 0.05) is 11.2 Å². The highest BCUT2D eigenvalue weighted by Gasteiger charge is 2.13. The zero-order valence-electron chi connectivity index (χ0n) is 8.88. The van der Waals surface area contributed by atoms with Crippen LogP contribution in [-0.4, -0.2) is 14.8 Å². The summed E-state index contributed by atoms with van der Waals surface area (Å²) in [6.07, 6.45) is 3.34. The number of hydrogen-bond donors (Lipinski definition) is 1. The molecular weight excluding hydrogens is 188 g/mol. The van der Waals surface area contributed by atoms with Crippen LogP contribution in [0.2, 0.25) is 0 Å². The van der Waals surface area contributed by atoms with E-state index in [-0.39, 0.29) is 5.54 Å². The number of hydrogen-bond acceptors (Lipinski definition) is 3. The Balaban J connectivity index is 2.33. The van der Waals surface area contributed by atoms with E-state index in [1.165, 1.54) is 0 Å². The molecule has 2 aromatic rings. The average Bonchev–Trinajstić information content (AvgIpc) is 2.69. The normalized spacial score (nSPS) is 11.7. The Morgan fingerprint density at radius 3 is 2.07 bits per heavy atom. The first-order chi connectivity index (χ1) is 7.07. The van der Waals surface area contributed by atoms with E-state index >= 15 is 0 Å². The van der Waals surface area contributed by atoms with Crippen LogP contribution < -0.4 is 5.73 Å². The van der Waals surface area contributed by atoms with E-state index in [2.05, 4.69) is 10.2 Å². The van der Waals surface area contributed by atoms with Crippen molar-refractivity contribution in [2.45, 2.75) is 19.4 Å². The van der Waals surface area contributed by atoms with Crippen LogP contribution in [0.4, 0.5) is 0 Å². The number of aromatic nitrogens is 3. The standard InChI is InChI=1S/C11H14N4/c1-11(2,12)9-3-5-10(6-4-9)15-7-13-14-8-15/h3-8H,12H2,1-2H3. The minimum Gasteiger partial charge on any atom is -0.322 e. The molecule has 1 heterocycles. The third-order valence-electron chi connectivity index (χ3n) is 2.33. The molecule has 0 radical (unpaired) electrons. The van der Waals surface area contributed by atoms with Gasteiger partial charge in [-0.05, 0) is 31.5 Å². The van der Waals surface area contributed by atoms with Gasteiger partial charge in [-0.1, -0.05) is 12.1 Å². The van der Waals surface area contributed by atoms with Crippen LogP contribution >= 0.6 is 0 Å². The second-order valence-corrected chi connectivity index (χ2v) is 4.14. The molecule has 78 valence electrons. The molecule has 0 saturated carbocycles. The van der Waals surface area contributed by atoms with Crippen LogP contribution in [0.25, 0.3) is 5.69 Å². The van der Waals surface area contributed by atoms with Gasteiger partial charge >= 0.3 is 0 Å². The van der Waals surface area contributed by atoms with E-state index in [1.54, 1.807) is 12.7 Å². The van der Waals surface area contributed by atoms with Gasteiger partial charge in [0.05, 0.1) is 0 Å². The van der Waals surface area contributed by atoms with E-state index in [4.69, 9.17) is 5.73 Å². The van der Waals surface area contributed by atoms with Crippen LogP contribution in [0.15, 0.2) is 36.9 Å². The Labute approximate surface area is 88.8 Å². The lowest BCUT2D eigenvalue weighted by atomic mass is 9.96. The van der Waals surface area contributed by atoms with E-state index in [0.717, 1.165) is 11.3 Å². The molecule has 0 aliphatic carbocycles. The zero-order chi connectivity index (χ0) is 10.9. The fourth-order valence-corrected chi connectivity index (χ4v) is 1.40. The van der Waals surface area contributed by atoms with Crippen molar-refractivity contribution in [3.05, 3.63) is 42.5 Å². The van der Waals surface area contributed by atoms with Crippen molar-refractivity contribution >= 4 is 0 Å². The first-order valence-electron chi connectivity index (χ1n) is 4.82. The Morgan fingerprint density at radius 1 is 1.07 bits per heavy atom. The van der Waals surface area contributed by atoms with E-state index < -0.39 is 0 Å². The average molecular weight is 202 g/mol. The number of nitrogens with zero attached hydrogens (tertiary/aromatic N) is 3. The summed E-state index contributed by atoms with van der Waals surface area (Å²) < 4.78 is 1.85. The van der Waals surface area contributed by atoms with Gasteiger partial charge < -0.3 is 5.73 Å². The summed E-state index contributed by atoms with van der Waals surface area (Å²) in [5.41, 5.74) is 7.84. The van der Waals surface area contributed by atoms with Crippen LogP contribution in [0.1, 0.15) is 19.4 Å². The number of nitrogens with two attached hydrogens (primary N) is 1. The smallest absolute Gasteiger partial charge is 0.123 e. The monoisotopic (exact) mass is 202 g/mol. The third-order valence-corrected chi connectivity index (χ3v) is 2.33. The minimum atomic E-state index is -0.300. The molecule has 4 heteroatoms. The van der Waals surface area contributed by atoms with Gasteiger partial charge in [0.25, 0.3) is 0 Å². The van der Waals surface area contributed by atoms with Crippen LogP contribution in [0.5, 0.6) is 0 Å². The van der Waals surface area contributed by atoms with Crippen molar-refractivity contribution in [3.8, 4) is 5.69 Å². The molecule has 0 spiro atoms. The van der Waals surface area contributed by atoms with Crippen molar-refractivity contribution in [3.63, 3.8) is 0 Å². The summed E-state index contributed by atoms with van der Waals surface area (Å²) in [5, 5.41) is 7.52. The van der Waals surface area contributed by atoms with Gasteiger partial charge in [-0.25, -0.2) is 0 Å². The Bertz CT molecular complexity index is 423. The quantitative estimate of drug-likeness (QED) is 0.802. The fraction of sp³-hybridized carbons (Fsp3) is 0.273. The van der Waals surface area contributed by atoms with Crippen molar-refractivity contribution in [2.75, 3.05) is 0 Å². The molecule has 2 N–H and O–H groups in total. The molecule has 0 fully saturated rings. The van der Waals surface area contributed by atoms with Gasteiger partial charge in [0.1, 0.15) is 12.7 Å². The predicted octanol–water partition coefficient (Wildman–Crippen LogP) is 1.46. The number of benzene rings is 1. The van der Waals surface area contributed by atoms with E-state index in [0.29, 0.717) is 0 Å². The Hall–Kier alpha value is -1.68. The van der Waals surface area contributed by atoms with Gasteiger partial charge in [-0.2, -0.15) is 0 Å². The van der Waals surface area contributed by atoms with E-state index in [9.17, 15) is 0 Å². The maximum atomic E-state index is 5.99. The molecule has 2 rings (SSSR count). The number of rotatable bonds is 2. The van der Waals surface area contributed by atoms with E-state index in [1.807, 2.05) is 42.7 Å².